The predicted octanol–water partition coefficient (Wildman–Crippen LogP) is 2.26. The standard InChI is InChI=1S/C20H33N7O.HI/c1-6-27(18-9-7-8-16(2)14-18)12-10-21-20(22-11-13-28-5)23-15-19-25-24-17(3)26(19)4;/h7-9,14H,6,10-13,15H2,1-5H3,(H2,21,22,23);1H. The SMILES string of the molecule is CCN(CCNC(=NCc1nnc(C)n1C)NCCOC)c1cccc(C)c1.I. The van der Waals surface area contributed by atoms with Crippen LogP contribution in [0.4, 0.5) is 5.69 Å². The Labute approximate surface area is 191 Å². The van der Waals surface area contributed by atoms with Crippen molar-refractivity contribution in [2.24, 2.45) is 12.0 Å². The van der Waals surface area contributed by atoms with Crippen LogP contribution in [0, 0.1) is 13.8 Å². The fourth-order valence-corrected chi connectivity index (χ4v) is 2.79. The molecule has 0 radical (unpaired) electrons. The lowest BCUT2D eigenvalue weighted by atomic mass is 10.2. The van der Waals surface area contributed by atoms with Crippen molar-refractivity contribution in [3.63, 3.8) is 0 Å². The third-order valence-corrected chi connectivity index (χ3v) is 4.58. The summed E-state index contributed by atoms with van der Waals surface area (Å²) >= 11 is 0. The fourth-order valence-electron chi connectivity index (χ4n) is 2.79. The molecule has 0 unspecified atom stereocenters. The van der Waals surface area contributed by atoms with E-state index in [1.165, 1.54) is 11.3 Å². The predicted molar refractivity (Wildman–Crippen MR) is 129 cm³/mol. The molecular weight excluding hydrogens is 481 g/mol. The highest BCUT2D eigenvalue weighted by Gasteiger charge is 2.07. The van der Waals surface area contributed by atoms with Crippen molar-refractivity contribution in [1.29, 1.82) is 0 Å². The number of rotatable bonds is 10. The smallest absolute Gasteiger partial charge is 0.191 e. The topological polar surface area (TPSA) is 79.6 Å². The molecule has 2 aromatic rings. The molecule has 0 fully saturated rings. The molecule has 29 heavy (non-hydrogen) atoms. The number of aromatic nitrogens is 3. The zero-order valence-electron chi connectivity index (χ0n) is 18.1. The van der Waals surface area contributed by atoms with E-state index in [0.29, 0.717) is 19.7 Å². The molecule has 9 heteroatoms. The molecule has 0 aliphatic carbocycles. The van der Waals surface area contributed by atoms with Gasteiger partial charge in [-0.15, -0.1) is 34.2 Å². The Kier molecular flexibility index (Phi) is 11.6. The first-order valence-electron chi connectivity index (χ1n) is 9.72. The van der Waals surface area contributed by atoms with Gasteiger partial charge in [-0.1, -0.05) is 12.1 Å². The average Bonchev–Trinajstić information content (AvgIpc) is 3.01. The van der Waals surface area contributed by atoms with Crippen LogP contribution in [0.3, 0.4) is 0 Å². The minimum atomic E-state index is 0. The maximum Gasteiger partial charge on any atom is 0.191 e. The van der Waals surface area contributed by atoms with Crippen LogP contribution < -0.4 is 15.5 Å². The first-order chi connectivity index (χ1) is 13.5. The van der Waals surface area contributed by atoms with E-state index >= 15 is 0 Å². The molecule has 0 amide bonds. The van der Waals surface area contributed by atoms with Gasteiger partial charge in [0.25, 0.3) is 0 Å². The van der Waals surface area contributed by atoms with E-state index in [9.17, 15) is 0 Å². The maximum atomic E-state index is 5.13. The van der Waals surface area contributed by atoms with Gasteiger partial charge in [0, 0.05) is 46.0 Å². The molecule has 0 atom stereocenters. The summed E-state index contributed by atoms with van der Waals surface area (Å²) in [7, 11) is 3.64. The van der Waals surface area contributed by atoms with Crippen LogP contribution in [0.1, 0.15) is 24.1 Å². The van der Waals surface area contributed by atoms with E-state index in [0.717, 1.165) is 37.2 Å². The molecule has 8 nitrogen and oxygen atoms in total. The number of aryl methyl sites for hydroxylation is 2. The Morgan fingerprint density at radius 2 is 1.97 bits per heavy atom. The number of methoxy groups -OCH3 is 1. The van der Waals surface area contributed by atoms with E-state index in [-0.39, 0.29) is 24.0 Å². The quantitative estimate of drug-likeness (QED) is 0.219. The number of likely N-dealkylation sites (N-methyl/N-ethyl adjacent to an activating group) is 1. The van der Waals surface area contributed by atoms with Crippen LogP contribution in [-0.2, 0) is 18.3 Å². The zero-order chi connectivity index (χ0) is 20.4. The average molecular weight is 515 g/mol. The monoisotopic (exact) mass is 515 g/mol. The number of anilines is 1. The number of nitrogens with one attached hydrogen (secondary N) is 2. The lowest BCUT2D eigenvalue weighted by molar-refractivity contribution is 0.203. The van der Waals surface area contributed by atoms with Gasteiger partial charge in [0.15, 0.2) is 11.8 Å². The van der Waals surface area contributed by atoms with E-state index in [4.69, 9.17) is 4.74 Å². The van der Waals surface area contributed by atoms with Crippen molar-refractivity contribution in [3.05, 3.63) is 41.5 Å². The molecule has 2 N–H and O–H groups in total. The van der Waals surface area contributed by atoms with Gasteiger partial charge in [-0.05, 0) is 38.5 Å². The number of aliphatic imine (C=N–C) groups is 1. The first kappa shape index (κ1) is 25.2. The van der Waals surface area contributed by atoms with Crippen molar-refractivity contribution < 1.29 is 4.74 Å². The molecule has 1 aromatic carbocycles. The fraction of sp³-hybridized carbons (Fsp3) is 0.550. The number of hydrogen-bond acceptors (Lipinski definition) is 5. The van der Waals surface area contributed by atoms with Gasteiger partial charge in [0.05, 0.1) is 6.61 Å². The minimum Gasteiger partial charge on any atom is -0.383 e. The lowest BCUT2D eigenvalue weighted by Gasteiger charge is -2.24. The number of nitrogens with zero attached hydrogens (tertiary/aromatic N) is 5. The Hall–Kier alpha value is -1.88. The number of halogens is 1. The molecule has 2 rings (SSSR count). The van der Waals surface area contributed by atoms with Crippen molar-refractivity contribution in [3.8, 4) is 0 Å². The van der Waals surface area contributed by atoms with E-state index in [1.54, 1.807) is 7.11 Å². The molecule has 0 aliphatic heterocycles. The second-order valence-corrected chi connectivity index (χ2v) is 6.65. The summed E-state index contributed by atoms with van der Waals surface area (Å²) in [6, 6.07) is 8.58. The number of guanidine groups is 1. The van der Waals surface area contributed by atoms with Crippen LogP contribution in [0.5, 0.6) is 0 Å². The van der Waals surface area contributed by atoms with Crippen LogP contribution >= 0.6 is 24.0 Å². The summed E-state index contributed by atoms with van der Waals surface area (Å²) < 4.78 is 7.08. The Morgan fingerprint density at radius 1 is 1.21 bits per heavy atom. The molecule has 1 aromatic heterocycles. The third-order valence-electron chi connectivity index (χ3n) is 4.58. The number of ether oxygens (including phenoxy) is 1. The lowest BCUT2D eigenvalue weighted by Crippen LogP contribution is -2.42. The van der Waals surface area contributed by atoms with Crippen molar-refractivity contribution in [2.45, 2.75) is 27.3 Å². The van der Waals surface area contributed by atoms with Gasteiger partial charge in [-0.3, -0.25) is 0 Å². The summed E-state index contributed by atoms with van der Waals surface area (Å²) in [6.07, 6.45) is 0. The summed E-state index contributed by atoms with van der Waals surface area (Å²) in [4.78, 5) is 6.99. The highest BCUT2D eigenvalue weighted by Crippen LogP contribution is 2.14. The molecule has 0 bridgehead atoms. The number of hydrogen-bond donors (Lipinski definition) is 2. The molecular formula is C20H34IN7O. The molecule has 0 aliphatic rings. The molecule has 1 heterocycles. The van der Waals surface area contributed by atoms with Gasteiger partial charge in [-0.25, -0.2) is 4.99 Å². The molecule has 162 valence electrons. The van der Waals surface area contributed by atoms with E-state index in [1.807, 2.05) is 18.5 Å². The van der Waals surface area contributed by atoms with Crippen molar-refractivity contribution >= 4 is 35.6 Å². The Morgan fingerprint density at radius 3 is 2.59 bits per heavy atom. The molecule has 0 saturated carbocycles. The van der Waals surface area contributed by atoms with Crippen LogP contribution in [0.15, 0.2) is 29.3 Å². The van der Waals surface area contributed by atoms with Gasteiger partial charge in [0.1, 0.15) is 12.4 Å². The summed E-state index contributed by atoms with van der Waals surface area (Å²) in [6.45, 7) is 10.6. The Bertz CT molecular complexity index is 763. The largest absolute Gasteiger partial charge is 0.383 e. The van der Waals surface area contributed by atoms with Crippen LogP contribution in [-0.4, -0.2) is 60.6 Å². The van der Waals surface area contributed by atoms with Crippen LogP contribution in [0.25, 0.3) is 0 Å². The van der Waals surface area contributed by atoms with Gasteiger partial charge in [0.2, 0.25) is 0 Å². The summed E-state index contributed by atoms with van der Waals surface area (Å²) in [5, 5.41) is 15.0. The van der Waals surface area contributed by atoms with Gasteiger partial charge < -0.3 is 24.8 Å². The van der Waals surface area contributed by atoms with Crippen LogP contribution in [0.2, 0.25) is 0 Å². The third kappa shape index (κ3) is 8.17. The van der Waals surface area contributed by atoms with E-state index in [2.05, 4.69) is 68.8 Å². The van der Waals surface area contributed by atoms with Crippen molar-refractivity contribution in [1.82, 2.24) is 25.4 Å². The summed E-state index contributed by atoms with van der Waals surface area (Å²) in [5.74, 6) is 2.46. The highest BCUT2D eigenvalue weighted by atomic mass is 127. The summed E-state index contributed by atoms with van der Waals surface area (Å²) in [5.41, 5.74) is 2.51. The molecule has 0 saturated heterocycles. The number of benzene rings is 1. The van der Waals surface area contributed by atoms with Gasteiger partial charge in [-0.2, -0.15) is 0 Å². The second-order valence-electron chi connectivity index (χ2n) is 6.65. The molecule has 0 spiro atoms. The van der Waals surface area contributed by atoms with E-state index < -0.39 is 0 Å². The van der Waals surface area contributed by atoms with Crippen molar-refractivity contribution in [2.75, 3.05) is 44.8 Å². The normalized spacial score (nSPS) is 11.1. The first-order valence-corrected chi connectivity index (χ1v) is 9.72. The highest BCUT2D eigenvalue weighted by molar-refractivity contribution is 14.0. The second kappa shape index (κ2) is 13.4. The minimum absolute atomic E-state index is 0. The maximum absolute atomic E-state index is 5.13. The zero-order valence-corrected chi connectivity index (χ0v) is 20.4. The van der Waals surface area contributed by atoms with Gasteiger partial charge >= 0.3 is 0 Å². The Balaban J connectivity index is 0.00000420.